The molecule has 24 heavy (non-hydrogen) atoms. The first-order valence-corrected chi connectivity index (χ1v) is 7.56. The number of aromatic nitrogens is 2. The molecule has 2 N–H and O–H groups in total. The van der Waals surface area contributed by atoms with E-state index in [-0.39, 0.29) is 5.82 Å². The van der Waals surface area contributed by atoms with Crippen molar-refractivity contribution in [2.24, 2.45) is 10.2 Å². The Morgan fingerprint density at radius 1 is 1.00 bits per heavy atom. The van der Waals surface area contributed by atoms with Gasteiger partial charge in [-0.25, -0.2) is 9.07 Å². The number of azo groups is 1. The van der Waals surface area contributed by atoms with Crippen LogP contribution in [0.15, 0.2) is 52.7 Å². The molecule has 1 heterocycles. The molecule has 0 saturated heterocycles. The Kier molecular flexibility index (Phi) is 4.12. The number of benzene rings is 2. The van der Waals surface area contributed by atoms with Crippen LogP contribution in [-0.4, -0.2) is 9.78 Å². The number of rotatable bonds is 3. The Balaban J connectivity index is 1.97. The molecule has 1 aromatic heterocycles. The average Bonchev–Trinajstić information content (AvgIpc) is 2.82. The molecule has 0 aliphatic rings. The fourth-order valence-electron chi connectivity index (χ4n) is 2.38. The minimum absolute atomic E-state index is 0.297. The number of hydrogen-bond acceptors (Lipinski definition) is 4. The van der Waals surface area contributed by atoms with Gasteiger partial charge in [0.25, 0.3) is 0 Å². The standard InChI is InChI=1S/C18H18FN5/c1-11-4-7-15(8-5-11)24-18(20)17(13(3)23-24)22-21-16-9-6-14(19)10-12(16)2/h4-10H,20H2,1-3H3. The zero-order valence-electron chi connectivity index (χ0n) is 13.8. The van der Waals surface area contributed by atoms with E-state index in [0.29, 0.717) is 28.5 Å². The third-order valence-electron chi connectivity index (χ3n) is 3.76. The third-order valence-corrected chi connectivity index (χ3v) is 3.76. The van der Waals surface area contributed by atoms with Crippen LogP contribution >= 0.6 is 0 Å². The maximum Gasteiger partial charge on any atom is 0.155 e. The van der Waals surface area contributed by atoms with Crippen LogP contribution in [0, 0.1) is 26.6 Å². The minimum atomic E-state index is -0.297. The van der Waals surface area contributed by atoms with Gasteiger partial charge in [0.2, 0.25) is 0 Å². The molecule has 6 heteroatoms. The van der Waals surface area contributed by atoms with Crippen LogP contribution < -0.4 is 5.73 Å². The van der Waals surface area contributed by atoms with E-state index < -0.39 is 0 Å². The fourth-order valence-corrected chi connectivity index (χ4v) is 2.38. The van der Waals surface area contributed by atoms with E-state index in [1.807, 2.05) is 38.1 Å². The van der Waals surface area contributed by atoms with Gasteiger partial charge in [0.05, 0.1) is 17.1 Å². The molecule has 5 nitrogen and oxygen atoms in total. The predicted molar refractivity (Wildman–Crippen MR) is 92.8 cm³/mol. The molecule has 0 aliphatic heterocycles. The first-order valence-electron chi connectivity index (χ1n) is 7.56. The Labute approximate surface area is 139 Å². The van der Waals surface area contributed by atoms with Crippen LogP contribution in [0.25, 0.3) is 5.69 Å². The van der Waals surface area contributed by atoms with E-state index in [9.17, 15) is 4.39 Å². The van der Waals surface area contributed by atoms with Gasteiger partial charge < -0.3 is 5.73 Å². The van der Waals surface area contributed by atoms with Gasteiger partial charge in [0, 0.05) is 0 Å². The van der Waals surface area contributed by atoms with Crippen molar-refractivity contribution >= 4 is 17.2 Å². The highest BCUT2D eigenvalue weighted by Crippen LogP contribution is 2.31. The summed E-state index contributed by atoms with van der Waals surface area (Å²) in [6.07, 6.45) is 0. The van der Waals surface area contributed by atoms with Gasteiger partial charge in [-0.3, -0.25) is 0 Å². The zero-order valence-corrected chi connectivity index (χ0v) is 13.8. The van der Waals surface area contributed by atoms with E-state index in [0.717, 1.165) is 11.3 Å². The van der Waals surface area contributed by atoms with Gasteiger partial charge in [0.15, 0.2) is 11.5 Å². The number of aryl methyl sites for hydroxylation is 3. The maximum absolute atomic E-state index is 13.2. The summed E-state index contributed by atoms with van der Waals surface area (Å²) in [7, 11) is 0. The lowest BCUT2D eigenvalue weighted by Gasteiger charge is -2.04. The van der Waals surface area contributed by atoms with Gasteiger partial charge in [-0.15, -0.1) is 5.11 Å². The van der Waals surface area contributed by atoms with E-state index in [4.69, 9.17) is 5.73 Å². The zero-order chi connectivity index (χ0) is 17.3. The second kappa shape index (κ2) is 6.23. The molecule has 0 aliphatic carbocycles. The summed E-state index contributed by atoms with van der Waals surface area (Å²) in [6, 6.07) is 12.2. The highest BCUT2D eigenvalue weighted by molar-refractivity contribution is 5.64. The Morgan fingerprint density at radius 2 is 1.71 bits per heavy atom. The van der Waals surface area contributed by atoms with Gasteiger partial charge in [0.1, 0.15) is 5.82 Å². The van der Waals surface area contributed by atoms with Crippen molar-refractivity contribution in [2.45, 2.75) is 20.8 Å². The SMILES string of the molecule is Cc1ccc(-n2nc(C)c(N=Nc3ccc(F)cc3C)c2N)cc1. The summed E-state index contributed by atoms with van der Waals surface area (Å²) in [5.74, 6) is 0.120. The first kappa shape index (κ1) is 15.9. The molecule has 0 bridgehead atoms. The van der Waals surface area contributed by atoms with Crippen molar-refractivity contribution < 1.29 is 4.39 Å². The predicted octanol–water partition coefficient (Wildman–Crippen LogP) is 4.93. The molecule has 0 spiro atoms. The van der Waals surface area contributed by atoms with Gasteiger partial charge >= 0.3 is 0 Å². The van der Waals surface area contributed by atoms with Crippen molar-refractivity contribution in [2.75, 3.05) is 5.73 Å². The quantitative estimate of drug-likeness (QED) is 0.694. The van der Waals surface area contributed by atoms with Crippen LogP contribution in [0.5, 0.6) is 0 Å². The van der Waals surface area contributed by atoms with Crippen LogP contribution in [-0.2, 0) is 0 Å². The van der Waals surface area contributed by atoms with Gasteiger partial charge in [-0.05, 0) is 56.7 Å². The summed E-state index contributed by atoms with van der Waals surface area (Å²) in [6.45, 7) is 5.63. The second-order valence-electron chi connectivity index (χ2n) is 5.70. The molecule has 0 fully saturated rings. The molecular formula is C18H18FN5. The second-order valence-corrected chi connectivity index (χ2v) is 5.70. The van der Waals surface area contributed by atoms with Crippen LogP contribution in [0.1, 0.15) is 16.8 Å². The van der Waals surface area contributed by atoms with Crippen molar-refractivity contribution in [3.63, 3.8) is 0 Å². The van der Waals surface area contributed by atoms with Crippen molar-refractivity contribution in [3.8, 4) is 5.69 Å². The molecule has 0 atom stereocenters. The number of nitrogen functional groups attached to an aromatic ring is 1. The summed E-state index contributed by atoms with van der Waals surface area (Å²) in [4.78, 5) is 0. The molecule has 0 saturated carbocycles. The lowest BCUT2D eigenvalue weighted by atomic mass is 10.2. The summed E-state index contributed by atoms with van der Waals surface area (Å²) >= 11 is 0. The molecule has 122 valence electrons. The molecule has 3 aromatic rings. The topological polar surface area (TPSA) is 68.6 Å². The summed E-state index contributed by atoms with van der Waals surface area (Å²) < 4.78 is 14.8. The Morgan fingerprint density at radius 3 is 2.38 bits per heavy atom. The fraction of sp³-hybridized carbons (Fsp3) is 0.167. The Bertz CT molecular complexity index is 910. The monoisotopic (exact) mass is 323 g/mol. The lowest BCUT2D eigenvalue weighted by Crippen LogP contribution is -2.01. The van der Waals surface area contributed by atoms with E-state index in [1.54, 1.807) is 17.7 Å². The maximum atomic E-state index is 13.2. The molecular weight excluding hydrogens is 305 g/mol. The lowest BCUT2D eigenvalue weighted by molar-refractivity contribution is 0.626. The summed E-state index contributed by atoms with van der Waals surface area (Å²) in [5.41, 5.74) is 10.7. The molecule has 2 aromatic carbocycles. The highest BCUT2D eigenvalue weighted by atomic mass is 19.1. The highest BCUT2D eigenvalue weighted by Gasteiger charge is 2.13. The number of nitrogens with zero attached hydrogens (tertiary/aromatic N) is 4. The normalized spacial score (nSPS) is 11.3. The molecule has 0 amide bonds. The van der Waals surface area contributed by atoms with Crippen molar-refractivity contribution in [1.82, 2.24) is 9.78 Å². The minimum Gasteiger partial charge on any atom is -0.382 e. The number of halogens is 1. The first-order chi connectivity index (χ1) is 11.5. The van der Waals surface area contributed by atoms with E-state index in [1.165, 1.54) is 12.1 Å². The molecule has 0 radical (unpaired) electrons. The number of anilines is 1. The van der Waals surface area contributed by atoms with E-state index >= 15 is 0 Å². The van der Waals surface area contributed by atoms with Gasteiger partial charge in [-0.1, -0.05) is 17.7 Å². The average molecular weight is 323 g/mol. The van der Waals surface area contributed by atoms with Crippen LogP contribution in [0.2, 0.25) is 0 Å². The summed E-state index contributed by atoms with van der Waals surface area (Å²) in [5, 5.41) is 12.8. The van der Waals surface area contributed by atoms with Crippen LogP contribution in [0.4, 0.5) is 21.6 Å². The van der Waals surface area contributed by atoms with Crippen molar-refractivity contribution in [1.29, 1.82) is 0 Å². The molecule has 0 unspecified atom stereocenters. The largest absolute Gasteiger partial charge is 0.382 e. The smallest absolute Gasteiger partial charge is 0.155 e. The molecule has 3 rings (SSSR count). The number of hydrogen-bond donors (Lipinski definition) is 1. The van der Waals surface area contributed by atoms with E-state index in [2.05, 4.69) is 15.3 Å². The number of nitrogens with two attached hydrogens (primary N) is 1. The van der Waals surface area contributed by atoms with Crippen LogP contribution in [0.3, 0.4) is 0 Å². The van der Waals surface area contributed by atoms with Crippen molar-refractivity contribution in [3.05, 3.63) is 65.1 Å². The van der Waals surface area contributed by atoms with Gasteiger partial charge in [-0.2, -0.15) is 10.2 Å². The Hall–Kier alpha value is -3.02. The third kappa shape index (κ3) is 3.03.